The molecule has 3 unspecified atom stereocenters. The molecule has 1 aromatic carbocycles. The van der Waals surface area contributed by atoms with E-state index in [-0.39, 0.29) is 28.7 Å². The van der Waals surface area contributed by atoms with Crippen molar-refractivity contribution in [2.75, 3.05) is 13.1 Å². The minimum atomic E-state index is -0.136. The van der Waals surface area contributed by atoms with Crippen molar-refractivity contribution in [3.63, 3.8) is 0 Å². The smallest absolute Gasteiger partial charge is 0.254 e. The average molecular weight is 393 g/mol. The van der Waals surface area contributed by atoms with E-state index in [1.165, 1.54) is 0 Å². The minimum Gasteiger partial charge on any atom is -0.360 e. The van der Waals surface area contributed by atoms with E-state index in [1.807, 2.05) is 24.4 Å². The number of hydrogen-bond donors (Lipinski definition) is 2. The van der Waals surface area contributed by atoms with E-state index in [1.54, 1.807) is 6.20 Å². The summed E-state index contributed by atoms with van der Waals surface area (Å²) in [6.45, 7) is 8.28. The van der Waals surface area contributed by atoms with Crippen molar-refractivity contribution in [3.05, 3.63) is 35.5 Å². The molecule has 1 saturated heterocycles. The van der Waals surface area contributed by atoms with Crippen LogP contribution in [-0.2, 0) is 0 Å². The van der Waals surface area contributed by atoms with Crippen LogP contribution >= 0.6 is 0 Å². The van der Waals surface area contributed by atoms with Gasteiger partial charge in [-0.15, -0.1) is 0 Å². The number of amides is 2. The van der Waals surface area contributed by atoms with Crippen molar-refractivity contribution in [3.8, 4) is 0 Å². The number of nitrogens with zero attached hydrogens (tertiary/aromatic N) is 2. The molecule has 6 nitrogen and oxygen atoms in total. The van der Waals surface area contributed by atoms with Crippen LogP contribution < -0.4 is 5.32 Å². The van der Waals surface area contributed by atoms with Gasteiger partial charge in [0.2, 0.25) is 0 Å². The number of carbonyl (C=O) groups excluding carboxylic acids is 2. The lowest BCUT2D eigenvalue weighted by Crippen LogP contribution is -2.37. The van der Waals surface area contributed by atoms with Crippen LogP contribution in [0.5, 0.6) is 0 Å². The Labute approximate surface area is 170 Å². The Morgan fingerprint density at radius 3 is 2.83 bits per heavy atom. The molecule has 0 radical (unpaired) electrons. The highest BCUT2D eigenvalue weighted by Crippen LogP contribution is 2.52. The van der Waals surface area contributed by atoms with E-state index in [4.69, 9.17) is 0 Å². The predicted molar refractivity (Wildman–Crippen MR) is 113 cm³/mol. The summed E-state index contributed by atoms with van der Waals surface area (Å²) in [5, 5.41) is 3.70. The van der Waals surface area contributed by atoms with E-state index in [2.05, 4.69) is 41.0 Å². The fraction of sp³-hybridized carbons (Fsp3) is 0.522. The normalized spacial score (nSPS) is 29.3. The second kappa shape index (κ2) is 6.18. The van der Waals surface area contributed by atoms with E-state index in [0.29, 0.717) is 23.7 Å². The molecule has 6 heteroatoms. The second-order valence-electron chi connectivity index (χ2n) is 10.2. The van der Waals surface area contributed by atoms with Crippen molar-refractivity contribution >= 4 is 28.9 Å². The number of aromatic nitrogens is 1. The number of carbonyl (C=O) groups is 2. The van der Waals surface area contributed by atoms with Crippen LogP contribution in [0.1, 0.15) is 60.7 Å². The first-order chi connectivity index (χ1) is 13.7. The fourth-order valence-corrected chi connectivity index (χ4v) is 5.76. The third-order valence-corrected chi connectivity index (χ3v) is 6.68. The largest absolute Gasteiger partial charge is 0.360 e. The van der Waals surface area contributed by atoms with Crippen molar-refractivity contribution in [1.29, 1.82) is 0 Å². The topological polar surface area (TPSA) is 77.6 Å². The molecule has 0 spiro atoms. The van der Waals surface area contributed by atoms with Crippen LogP contribution in [0.25, 0.3) is 10.9 Å². The SMILES string of the molecule is CC1(C)CC2CC(C)(CN2C(=O)c2ccc3[nH]cc(C(=O)NCC4C=N4)c3c2)C1. The van der Waals surface area contributed by atoms with Gasteiger partial charge >= 0.3 is 0 Å². The summed E-state index contributed by atoms with van der Waals surface area (Å²) in [6, 6.07) is 6.08. The van der Waals surface area contributed by atoms with Gasteiger partial charge in [-0.3, -0.25) is 14.6 Å². The monoisotopic (exact) mass is 392 g/mol. The summed E-state index contributed by atoms with van der Waals surface area (Å²) in [5.41, 5.74) is 2.57. The molecule has 3 heterocycles. The molecule has 2 amide bonds. The van der Waals surface area contributed by atoms with Crippen LogP contribution in [0, 0.1) is 10.8 Å². The second-order valence-corrected chi connectivity index (χ2v) is 10.2. The third-order valence-electron chi connectivity index (χ3n) is 6.68. The predicted octanol–water partition coefficient (Wildman–Crippen LogP) is 3.39. The van der Waals surface area contributed by atoms with Gasteiger partial charge in [-0.2, -0.15) is 0 Å². The van der Waals surface area contributed by atoms with E-state index >= 15 is 0 Å². The molecule has 152 valence electrons. The fourth-order valence-electron chi connectivity index (χ4n) is 5.76. The van der Waals surface area contributed by atoms with Gasteiger partial charge in [-0.1, -0.05) is 20.8 Å². The van der Waals surface area contributed by atoms with Crippen molar-refractivity contribution in [2.24, 2.45) is 15.8 Å². The number of rotatable bonds is 4. The number of H-pyrrole nitrogens is 1. The first-order valence-electron chi connectivity index (χ1n) is 10.5. The number of likely N-dealkylation sites (tertiary alicyclic amines) is 1. The van der Waals surface area contributed by atoms with Gasteiger partial charge in [-0.05, 0) is 48.3 Å². The highest BCUT2D eigenvalue weighted by Gasteiger charge is 2.51. The van der Waals surface area contributed by atoms with Gasteiger partial charge in [-0.25, -0.2) is 0 Å². The number of hydrogen-bond acceptors (Lipinski definition) is 3. The van der Waals surface area contributed by atoms with Crippen molar-refractivity contribution in [2.45, 2.75) is 52.1 Å². The Morgan fingerprint density at radius 2 is 2.07 bits per heavy atom. The standard InChI is InChI=1S/C23H28N4O2/c1-22(2)7-16-8-23(3,12-22)13-27(16)21(29)14-4-5-19-17(6-14)18(11-25-19)20(28)26-10-15-9-24-15/h4-6,9,11,15-16,25H,7-8,10,12-13H2,1-3H3,(H,26,28). The zero-order chi connectivity index (χ0) is 20.4. The Bertz CT molecular complexity index is 1030. The van der Waals surface area contributed by atoms with Gasteiger partial charge in [0, 0.05) is 48.0 Å². The highest BCUT2D eigenvalue weighted by atomic mass is 16.2. The average Bonchev–Trinajstić information content (AvgIpc) is 3.32. The summed E-state index contributed by atoms with van der Waals surface area (Å²) < 4.78 is 0. The summed E-state index contributed by atoms with van der Waals surface area (Å²) in [5.74, 6) is -0.0556. The number of fused-ring (bicyclic) bond motifs is 3. The van der Waals surface area contributed by atoms with Gasteiger partial charge in [0.1, 0.15) is 6.04 Å². The van der Waals surface area contributed by atoms with Gasteiger partial charge in [0.25, 0.3) is 11.8 Å². The molecular formula is C23H28N4O2. The minimum absolute atomic E-state index is 0.0808. The maximum atomic E-state index is 13.4. The molecule has 1 saturated carbocycles. The van der Waals surface area contributed by atoms with E-state index in [0.717, 1.165) is 36.7 Å². The molecule has 1 aliphatic carbocycles. The third kappa shape index (κ3) is 3.34. The number of aromatic amines is 1. The van der Waals surface area contributed by atoms with Crippen LogP contribution in [0.15, 0.2) is 29.4 Å². The molecule has 3 aliphatic rings. The first kappa shape index (κ1) is 18.4. The molecule has 2 bridgehead atoms. The van der Waals surface area contributed by atoms with Gasteiger partial charge in [0.15, 0.2) is 0 Å². The summed E-state index contributed by atoms with van der Waals surface area (Å²) in [7, 11) is 0. The molecule has 5 rings (SSSR count). The Kier molecular flexibility index (Phi) is 3.92. The molecule has 2 fully saturated rings. The van der Waals surface area contributed by atoms with Crippen LogP contribution in [-0.4, -0.2) is 53.1 Å². The number of benzene rings is 1. The molecule has 3 atom stereocenters. The quantitative estimate of drug-likeness (QED) is 0.837. The van der Waals surface area contributed by atoms with E-state index in [9.17, 15) is 9.59 Å². The van der Waals surface area contributed by atoms with Crippen molar-refractivity contribution in [1.82, 2.24) is 15.2 Å². The van der Waals surface area contributed by atoms with Gasteiger partial charge < -0.3 is 15.2 Å². The number of nitrogens with one attached hydrogen (secondary N) is 2. The maximum Gasteiger partial charge on any atom is 0.254 e. The van der Waals surface area contributed by atoms with Crippen molar-refractivity contribution < 1.29 is 9.59 Å². The molecule has 29 heavy (non-hydrogen) atoms. The lowest BCUT2D eigenvalue weighted by molar-refractivity contribution is 0.0708. The summed E-state index contributed by atoms with van der Waals surface area (Å²) in [4.78, 5) is 35.2. The maximum absolute atomic E-state index is 13.4. The Hall–Kier alpha value is -2.63. The lowest BCUT2D eigenvalue weighted by Gasteiger charge is -2.39. The Morgan fingerprint density at radius 1 is 1.28 bits per heavy atom. The van der Waals surface area contributed by atoms with Crippen LogP contribution in [0.2, 0.25) is 0 Å². The molecular weight excluding hydrogens is 364 g/mol. The lowest BCUT2D eigenvalue weighted by atomic mass is 9.65. The first-order valence-corrected chi connectivity index (χ1v) is 10.5. The number of aliphatic imine (C=N–C) groups is 1. The van der Waals surface area contributed by atoms with Crippen LogP contribution in [0.3, 0.4) is 0 Å². The molecule has 2 aliphatic heterocycles. The zero-order valence-electron chi connectivity index (χ0n) is 17.3. The molecule has 2 N–H and O–H groups in total. The summed E-state index contributed by atoms with van der Waals surface area (Å²) >= 11 is 0. The molecule has 2 aromatic rings. The highest BCUT2D eigenvalue weighted by molar-refractivity contribution is 6.09. The molecule has 1 aromatic heterocycles. The van der Waals surface area contributed by atoms with Gasteiger partial charge in [0.05, 0.1) is 5.56 Å². The Balaban J connectivity index is 1.41. The van der Waals surface area contributed by atoms with Crippen LogP contribution in [0.4, 0.5) is 0 Å². The zero-order valence-corrected chi connectivity index (χ0v) is 17.3. The van der Waals surface area contributed by atoms with E-state index < -0.39 is 0 Å². The summed E-state index contributed by atoms with van der Waals surface area (Å²) in [6.07, 6.45) is 6.84.